The summed E-state index contributed by atoms with van der Waals surface area (Å²) in [5.74, 6) is 0.496. The molecule has 0 saturated heterocycles. The molecule has 0 radical (unpaired) electrons. The summed E-state index contributed by atoms with van der Waals surface area (Å²) < 4.78 is 1.54. The van der Waals surface area contributed by atoms with Crippen LogP contribution >= 0.6 is 11.6 Å². The molecule has 5 rings (SSSR count). The van der Waals surface area contributed by atoms with Crippen molar-refractivity contribution in [3.05, 3.63) is 70.5 Å². The van der Waals surface area contributed by atoms with E-state index >= 15 is 0 Å². The number of rotatable bonds is 6. The second-order valence-corrected chi connectivity index (χ2v) is 8.16. The van der Waals surface area contributed by atoms with Crippen LogP contribution in [0.3, 0.4) is 0 Å². The number of hydrogen-bond acceptors (Lipinski definition) is 9. The summed E-state index contributed by atoms with van der Waals surface area (Å²) in [6.45, 7) is 3.75. The smallest absolute Gasteiger partial charge is 0.274 e. The van der Waals surface area contributed by atoms with Crippen LogP contribution in [-0.2, 0) is 6.54 Å². The molecule has 4 heterocycles. The molecule has 13 heteroatoms. The molecule has 1 aromatic carbocycles. The Morgan fingerprint density at radius 1 is 1.20 bits per heavy atom. The van der Waals surface area contributed by atoms with Crippen molar-refractivity contribution in [1.29, 1.82) is 0 Å². The van der Waals surface area contributed by atoms with E-state index in [1.807, 2.05) is 26.0 Å². The third-order valence-corrected chi connectivity index (χ3v) is 5.47. The van der Waals surface area contributed by atoms with Crippen LogP contribution < -0.4 is 16.4 Å². The zero-order valence-electron chi connectivity index (χ0n) is 18.7. The van der Waals surface area contributed by atoms with Gasteiger partial charge >= 0.3 is 0 Å². The number of aromatic nitrogens is 8. The van der Waals surface area contributed by atoms with Gasteiger partial charge in [0, 0.05) is 22.0 Å². The second kappa shape index (κ2) is 8.99. The number of anilines is 3. The van der Waals surface area contributed by atoms with Gasteiger partial charge in [-0.1, -0.05) is 17.7 Å². The number of amides is 1. The molecule has 0 atom stereocenters. The number of nitrogens with one attached hydrogen (secondary N) is 3. The minimum Gasteiger partial charge on any atom is -0.382 e. The highest BCUT2D eigenvalue weighted by molar-refractivity contribution is 6.30. The normalized spacial score (nSPS) is 11.1. The Kier molecular flexibility index (Phi) is 5.71. The zero-order valence-corrected chi connectivity index (χ0v) is 19.5. The van der Waals surface area contributed by atoms with Crippen LogP contribution in [0.4, 0.5) is 17.3 Å². The van der Waals surface area contributed by atoms with Gasteiger partial charge in [0.25, 0.3) is 5.91 Å². The summed E-state index contributed by atoms with van der Waals surface area (Å²) in [5, 5.41) is 26.4. The minimum atomic E-state index is -0.499. The van der Waals surface area contributed by atoms with Crippen LogP contribution in [0.5, 0.6) is 0 Å². The topological polar surface area (TPSA) is 165 Å². The van der Waals surface area contributed by atoms with E-state index < -0.39 is 5.91 Å². The summed E-state index contributed by atoms with van der Waals surface area (Å²) in [6, 6.07) is 10.8. The minimum absolute atomic E-state index is 0.00703. The van der Waals surface area contributed by atoms with Gasteiger partial charge in [-0.05, 0) is 44.2 Å². The number of aryl methyl sites for hydroxylation is 2. The van der Waals surface area contributed by atoms with E-state index in [1.54, 1.807) is 24.3 Å². The lowest BCUT2D eigenvalue weighted by Crippen LogP contribution is -2.26. The van der Waals surface area contributed by atoms with Crippen LogP contribution in [0.1, 0.15) is 27.7 Å². The van der Waals surface area contributed by atoms with Crippen LogP contribution in [0.15, 0.2) is 42.6 Å². The van der Waals surface area contributed by atoms with Crippen molar-refractivity contribution in [3.63, 3.8) is 0 Å². The number of fused-ring (bicyclic) bond motifs is 1. The lowest BCUT2D eigenvalue weighted by atomic mass is 10.1. The largest absolute Gasteiger partial charge is 0.382 e. The highest BCUT2D eigenvalue weighted by Gasteiger charge is 2.18. The predicted molar refractivity (Wildman–Crippen MR) is 130 cm³/mol. The number of hydrogen-bond donors (Lipinski definition) is 4. The van der Waals surface area contributed by atoms with E-state index in [1.165, 1.54) is 10.7 Å². The molecule has 0 spiro atoms. The Labute approximate surface area is 204 Å². The molecule has 0 aliphatic carbocycles. The molecule has 4 aromatic heterocycles. The molecule has 0 aliphatic rings. The number of H-pyrrole nitrogens is 1. The second-order valence-electron chi connectivity index (χ2n) is 7.72. The number of carbonyl (C=O) groups excluding carboxylic acids is 1. The molecule has 0 aliphatic heterocycles. The van der Waals surface area contributed by atoms with Crippen molar-refractivity contribution in [3.8, 4) is 11.3 Å². The molecule has 0 unspecified atom stereocenters. The number of nitrogens with zero attached hydrogens (tertiary/aromatic N) is 7. The van der Waals surface area contributed by atoms with E-state index in [2.05, 4.69) is 46.1 Å². The fourth-order valence-electron chi connectivity index (χ4n) is 3.58. The SMILES string of the molecule is Cc1n[nH]c(C)c1-c1cnc(N)c(C(=O)NCc2nnc3ccc(Nc4cccc(Cl)c4)nn23)n1. The molecule has 5 N–H and O–H groups in total. The van der Waals surface area contributed by atoms with Gasteiger partial charge in [0.2, 0.25) is 0 Å². The van der Waals surface area contributed by atoms with Gasteiger partial charge in [0.1, 0.15) is 0 Å². The van der Waals surface area contributed by atoms with Crippen molar-refractivity contribution >= 4 is 40.5 Å². The average molecular weight is 490 g/mol. The van der Waals surface area contributed by atoms with E-state index in [0.29, 0.717) is 28.0 Å². The number of halogens is 1. The van der Waals surface area contributed by atoms with Crippen LogP contribution in [-0.4, -0.2) is 45.9 Å². The summed E-state index contributed by atoms with van der Waals surface area (Å²) in [6.07, 6.45) is 1.52. The summed E-state index contributed by atoms with van der Waals surface area (Å²) in [4.78, 5) is 21.5. The van der Waals surface area contributed by atoms with Gasteiger partial charge in [0.05, 0.1) is 24.1 Å². The van der Waals surface area contributed by atoms with E-state index in [-0.39, 0.29) is 18.1 Å². The lowest BCUT2D eigenvalue weighted by Gasteiger charge is -2.09. The molecule has 0 saturated carbocycles. The maximum Gasteiger partial charge on any atom is 0.274 e. The fourth-order valence-corrected chi connectivity index (χ4v) is 3.77. The van der Waals surface area contributed by atoms with Gasteiger partial charge in [-0.25, -0.2) is 9.97 Å². The monoisotopic (exact) mass is 489 g/mol. The van der Waals surface area contributed by atoms with Crippen molar-refractivity contribution < 1.29 is 4.79 Å². The Balaban J connectivity index is 1.36. The fraction of sp³-hybridized carbons (Fsp3) is 0.136. The van der Waals surface area contributed by atoms with E-state index in [0.717, 1.165) is 22.6 Å². The molecule has 0 fully saturated rings. The zero-order chi connectivity index (χ0) is 24.5. The molecule has 176 valence electrons. The molecule has 1 amide bonds. The molecule has 5 aromatic rings. The maximum absolute atomic E-state index is 12.9. The maximum atomic E-state index is 12.9. The van der Waals surface area contributed by atoms with Gasteiger partial charge in [-0.2, -0.15) is 9.61 Å². The van der Waals surface area contributed by atoms with Crippen molar-refractivity contribution in [1.82, 2.24) is 45.3 Å². The van der Waals surface area contributed by atoms with Crippen molar-refractivity contribution in [2.45, 2.75) is 20.4 Å². The van der Waals surface area contributed by atoms with Gasteiger partial charge in [-0.3, -0.25) is 9.89 Å². The Bertz CT molecular complexity index is 1540. The average Bonchev–Trinajstić information content (AvgIpc) is 3.40. The number of carbonyl (C=O) groups is 1. The highest BCUT2D eigenvalue weighted by atomic mass is 35.5. The van der Waals surface area contributed by atoms with Gasteiger partial charge in [-0.15, -0.1) is 15.3 Å². The molecule has 0 bridgehead atoms. The molecular weight excluding hydrogens is 470 g/mol. The first-order valence-electron chi connectivity index (χ1n) is 10.6. The first-order valence-corrected chi connectivity index (χ1v) is 10.9. The van der Waals surface area contributed by atoms with Crippen LogP contribution in [0.2, 0.25) is 5.02 Å². The Morgan fingerprint density at radius 2 is 2.06 bits per heavy atom. The highest BCUT2D eigenvalue weighted by Crippen LogP contribution is 2.24. The van der Waals surface area contributed by atoms with Gasteiger partial charge in [0.15, 0.2) is 28.8 Å². The van der Waals surface area contributed by atoms with Crippen LogP contribution in [0.25, 0.3) is 16.9 Å². The Morgan fingerprint density at radius 3 is 2.83 bits per heavy atom. The van der Waals surface area contributed by atoms with Gasteiger partial charge < -0.3 is 16.4 Å². The lowest BCUT2D eigenvalue weighted by molar-refractivity contribution is 0.0945. The first kappa shape index (κ1) is 22.2. The number of nitrogens with two attached hydrogens (primary N) is 1. The van der Waals surface area contributed by atoms with Crippen molar-refractivity contribution in [2.24, 2.45) is 0 Å². The third kappa shape index (κ3) is 4.46. The van der Waals surface area contributed by atoms with Crippen LogP contribution in [0, 0.1) is 13.8 Å². The molecular formula is C22H20ClN11O. The third-order valence-electron chi connectivity index (χ3n) is 5.23. The standard InChI is InChI=1S/C22H20ClN11O/c1-11-19(12(2)30-29-11)15-9-25-21(24)20(28-15)22(35)26-10-18-32-31-17-7-6-16(33-34(17)18)27-14-5-3-4-13(23)8-14/h3-9H,10H2,1-2H3,(H2,24,25)(H,26,35)(H,27,33)(H,29,30). The van der Waals surface area contributed by atoms with E-state index in [4.69, 9.17) is 17.3 Å². The van der Waals surface area contributed by atoms with E-state index in [9.17, 15) is 4.79 Å². The Hall–Kier alpha value is -4.58. The quantitative estimate of drug-likeness (QED) is 0.280. The first-order chi connectivity index (χ1) is 16.9. The number of nitrogen functional groups attached to an aromatic ring is 1. The number of aromatic amines is 1. The molecule has 12 nitrogen and oxygen atoms in total. The predicted octanol–water partition coefficient (Wildman–Crippen LogP) is 2.83. The number of benzene rings is 1. The van der Waals surface area contributed by atoms with Crippen molar-refractivity contribution in [2.75, 3.05) is 11.1 Å². The summed E-state index contributed by atoms with van der Waals surface area (Å²) >= 11 is 6.05. The summed E-state index contributed by atoms with van der Waals surface area (Å²) in [7, 11) is 0. The molecule has 35 heavy (non-hydrogen) atoms. The summed E-state index contributed by atoms with van der Waals surface area (Å²) in [5.41, 5.74) is 10.1.